The Labute approximate surface area is 86.9 Å². The summed E-state index contributed by atoms with van der Waals surface area (Å²) in [7, 11) is 0. The average molecular weight is 217 g/mol. The summed E-state index contributed by atoms with van der Waals surface area (Å²) in [6, 6.07) is 5.42. The van der Waals surface area contributed by atoms with Crippen LogP contribution in [0.3, 0.4) is 0 Å². The number of alkyl halides is 3. The number of halogens is 3. The molecule has 1 radical (unpaired) electrons. The van der Waals surface area contributed by atoms with Gasteiger partial charge in [-0.25, -0.2) is 0 Å². The SMILES string of the molecule is C[C](C)OCc1ccccc1C(F)(F)F. The minimum absolute atomic E-state index is 0.0436. The highest BCUT2D eigenvalue weighted by molar-refractivity contribution is 5.29. The van der Waals surface area contributed by atoms with Crippen LogP contribution in [0.5, 0.6) is 0 Å². The van der Waals surface area contributed by atoms with Crippen LogP contribution in [0, 0.1) is 6.10 Å². The van der Waals surface area contributed by atoms with E-state index < -0.39 is 11.7 Å². The van der Waals surface area contributed by atoms with E-state index in [4.69, 9.17) is 4.74 Å². The molecule has 1 nitrogen and oxygen atoms in total. The summed E-state index contributed by atoms with van der Waals surface area (Å²) in [5.74, 6) is 0. The van der Waals surface area contributed by atoms with E-state index in [1.54, 1.807) is 19.9 Å². The first kappa shape index (κ1) is 12.0. The highest BCUT2D eigenvalue weighted by atomic mass is 19.4. The Balaban J connectivity index is 2.87. The molecule has 4 heteroatoms. The van der Waals surface area contributed by atoms with Crippen molar-refractivity contribution in [1.29, 1.82) is 0 Å². The average Bonchev–Trinajstić information content (AvgIpc) is 2.13. The van der Waals surface area contributed by atoms with Crippen molar-refractivity contribution in [3.8, 4) is 0 Å². The minimum Gasteiger partial charge on any atom is -0.368 e. The molecule has 1 aromatic rings. The molecule has 0 saturated heterocycles. The van der Waals surface area contributed by atoms with Crippen LogP contribution < -0.4 is 0 Å². The van der Waals surface area contributed by atoms with E-state index in [-0.39, 0.29) is 12.2 Å². The van der Waals surface area contributed by atoms with Crippen molar-refractivity contribution in [1.82, 2.24) is 0 Å². The van der Waals surface area contributed by atoms with Crippen molar-refractivity contribution in [3.63, 3.8) is 0 Å². The maximum atomic E-state index is 12.5. The molecule has 0 spiro atoms. The van der Waals surface area contributed by atoms with E-state index >= 15 is 0 Å². The van der Waals surface area contributed by atoms with Gasteiger partial charge in [0.1, 0.15) is 0 Å². The van der Waals surface area contributed by atoms with Gasteiger partial charge < -0.3 is 4.74 Å². The molecule has 0 aliphatic rings. The van der Waals surface area contributed by atoms with Gasteiger partial charge in [0, 0.05) is 0 Å². The van der Waals surface area contributed by atoms with Crippen LogP contribution in [0.4, 0.5) is 13.2 Å². The molecule has 1 rings (SSSR count). The zero-order chi connectivity index (χ0) is 11.5. The van der Waals surface area contributed by atoms with Gasteiger partial charge in [-0.3, -0.25) is 0 Å². The van der Waals surface area contributed by atoms with Crippen LogP contribution in [0.1, 0.15) is 25.0 Å². The van der Waals surface area contributed by atoms with Crippen molar-refractivity contribution in [2.75, 3.05) is 0 Å². The van der Waals surface area contributed by atoms with Gasteiger partial charge >= 0.3 is 6.18 Å². The van der Waals surface area contributed by atoms with Gasteiger partial charge in [-0.05, 0) is 25.5 Å². The molecule has 0 amide bonds. The molecular weight excluding hydrogens is 205 g/mol. The van der Waals surface area contributed by atoms with Crippen LogP contribution in [0.15, 0.2) is 24.3 Å². The molecular formula is C11H12F3O. The lowest BCUT2D eigenvalue weighted by Crippen LogP contribution is -2.10. The normalized spacial score (nSPS) is 12.1. The van der Waals surface area contributed by atoms with Gasteiger partial charge in [-0.15, -0.1) is 0 Å². The molecule has 0 aliphatic heterocycles. The predicted octanol–water partition coefficient (Wildman–Crippen LogP) is 3.79. The van der Waals surface area contributed by atoms with Crippen molar-refractivity contribution in [2.24, 2.45) is 0 Å². The van der Waals surface area contributed by atoms with Gasteiger partial charge in [0.25, 0.3) is 0 Å². The zero-order valence-corrected chi connectivity index (χ0v) is 8.56. The predicted molar refractivity (Wildman–Crippen MR) is 50.8 cm³/mol. The lowest BCUT2D eigenvalue weighted by molar-refractivity contribution is -0.138. The standard InChI is InChI=1S/C11H12F3O/c1-8(2)15-7-9-5-3-4-6-10(9)11(12,13)14/h3-6H,7H2,1-2H3. The third-order valence-electron chi connectivity index (χ3n) is 1.84. The first-order valence-corrected chi connectivity index (χ1v) is 4.49. The fraction of sp³-hybridized carbons (Fsp3) is 0.364. The second kappa shape index (κ2) is 4.66. The number of benzene rings is 1. The third-order valence-corrected chi connectivity index (χ3v) is 1.84. The Morgan fingerprint density at radius 3 is 2.33 bits per heavy atom. The molecule has 0 saturated carbocycles. The van der Waals surface area contributed by atoms with Crippen LogP contribution in [-0.2, 0) is 17.5 Å². The van der Waals surface area contributed by atoms with E-state index in [1.807, 2.05) is 0 Å². The van der Waals surface area contributed by atoms with Crippen molar-refractivity contribution in [3.05, 3.63) is 41.5 Å². The number of ether oxygens (including phenoxy) is 1. The smallest absolute Gasteiger partial charge is 0.368 e. The molecule has 15 heavy (non-hydrogen) atoms. The lowest BCUT2D eigenvalue weighted by Gasteiger charge is -2.13. The molecule has 0 N–H and O–H groups in total. The van der Waals surface area contributed by atoms with E-state index in [0.29, 0.717) is 6.10 Å². The Bertz CT molecular complexity index is 318. The second-order valence-electron chi connectivity index (χ2n) is 3.35. The minimum atomic E-state index is -4.32. The van der Waals surface area contributed by atoms with Gasteiger partial charge in [0.15, 0.2) is 0 Å². The number of hydrogen-bond donors (Lipinski definition) is 0. The fourth-order valence-electron chi connectivity index (χ4n) is 1.14. The van der Waals surface area contributed by atoms with Crippen LogP contribution in [-0.4, -0.2) is 0 Å². The van der Waals surface area contributed by atoms with E-state index in [0.717, 1.165) is 6.07 Å². The molecule has 0 bridgehead atoms. The van der Waals surface area contributed by atoms with Crippen molar-refractivity contribution < 1.29 is 17.9 Å². The number of hydrogen-bond acceptors (Lipinski definition) is 1. The highest BCUT2D eigenvalue weighted by Crippen LogP contribution is 2.32. The monoisotopic (exact) mass is 217 g/mol. The topological polar surface area (TPSA) is 9.23 Å². The van der Waals surface area contributed by atoms with Crippen LogP contribution in [0.25, 0.3) is 0 Å². The summed E-state index contributed by atoms with van der Waals surface area (Å²) in [5.41, 5.74) is -0.475. The van der Waals surface area contributed by atoms with Gasteiger partial charge in [-0.1, -0.05) is 18.2 Å². The Kier molecular flexibility index (Phi) is 3.74. The summed E-state index contributed by atoms with van der Waals surface area (Å²) < 4.78 is 42.6. The molecule has 0 aliphatic carbocycles. The maximum Gasteiger partial charge on any atom is 0.416 e. The van der Waals surface area contributed by atoms with Gasteiger partial charge in [0.05, 0.1) is 18.3 Å². The zero-order valence-electron chi connectivity index (χ0n) is 8.56. The lowest BCUT2D eigenvalue weighted by atomic mass is 10.1. The van der Waals surface area contributed by atoms with Crippen LogP contribution in [0.2, 0.25) is 0 Å². The maximum absolute atomic E-state index is 12.5. The summed E-state index contributed by atoms with van der Waals surface area (Å²) in [6.45, 7) is 3.37. The van der Waals surface area contributed by atoms with Crippen molar-refractivity contribution >= 4 is 0 Å². The molecule has 0 unspecified atom stereocenters. The molecule has 1 aromatic carbocycles. The Morgan fingerprint density at radius 1 is 1.20 bits per heavy atom. The quantitative estimate of drug-likeness (QED) is 0.748. The van der Waals surface area contributed by atoms with E-state index in [2.05, 4.69) is 0 Å². The molecule has 0 aromatic heterocycles. The summed E-state index contributed by atoms with van der Waals surface area (Å²) in [6.07, 6.45) is -3.67. The van der Waals surface area contributed by atoms with Gasteiger partial charge in [0.2, 0.25) is 0 Å². The molecule has 0 atom stereocenters. The molecule has 83 valence electrons. The van der Waals surface area contributed by atoms with Crippen LogP contribution >= 0.6 is 0 Å². The van der Waals surface area contributed by atoms with Crippen molar-refractivity contribution in [2.45, 2.75) is 26.6 Å². The summed E-state index contributed by atoms with van der Waals surface area (Å²) >= 11 is 0. The highest BCUT2D eigenvalue weighted by Gasteiger charge is 2.32. The molecule has 0 fully saturated rings. The molecule has 0 heterocycles. The Hall–Kier alpha value is -1.03. The van der Waals surface area contributed by atoms with E-state index in [9.17, 15) is 13.2 Å². The number of rotatable bonds is 3. The summed E-state index contributed by atoms with van der Waals surface area (Å²) in [5, 5.41) is 0. The summed E-state index contributed by atoms with van der Waals surface area (Å²) in [4.78, 5) is 0. The largest absolute Gasteiger partial charge is 0.416 e. The Morgan fingerprint density at radius 2 is 1.80 bits per heavy atom. The third kappa shape index (κ3) is 3.55. The fourth-order valence-corrected chi connectivity index (χ4v) is 1.14. The first-order valence-electron chi connectivity index (χ1n) is 4.49. The van der Waals surface area contributed by atoms with E-state index in [1.165, 1.54) is 12.1 Å². The first-order chi connectivity index (χ1) is 6.91. The second-order valence-corrected chi connectivity index (χ2v) is 3.35. The van der Waals surface area contributed by atoms with Gasteiger partial charge in [-0.2, -0.15) is 13.2 Å².